The Kier molecular flexibility index (Phi) is 59.4. The van der Waals surface area contributed by atoms with E-state index in [9.17, 15) is 35.0 Å². The maximum atomic E-state index is 14.4. The third-order valence-electron chi connectivity index (χ3n) is 14.2. The van der Waals surface area contributed by atoms with Gasteiger partial charge in [-0.25, -0.2) is 50.0 Å². The van der Waals surface area contributed by atoms with Crippen molar-refractivity contribution in [2.45, 2.75) is 261 Å². The number of unbranched alkanes of at least 4 members (excludes halogenated alkanes) is 24. The van der Waals surface area contributed by atoms with Crippen molar-refractivity contribution in [1.29, 1.82) is 0 Å². The van der Waals surface area contributed by atoms with Crippen molar-refractivity contribution in [3.05, 3.63) is 0 Å². The molecule has 0 heterocycles. The summed E-state index contributed by atoms with van der Waals surface area (Å²) >= 11 is 0. The maximum Gasteiger partial charge on any atom is 0.532 e. The van der Waals surface area contributed by atoms with Crippen molar-refractivity contribution in [2.24, 2.45) is 0 Å². The molecule has 0 fully saturated rings. The van der Waals surface area contributed by atoms with E-state index in [4.69, 9.17) is 31.8 Å². The SMILES string of the molecule is CCCCCCS(C)(C)OP(=O)(F)OS(C)(C)CCCCCC.CCCCCCS(C)(C)OP(=O)(F)OS(C)(C)CCCCCC.CCCCCCS(C)(C)OP(=O)(F)OS(C)(C)CCCCCC.CCCCCCS(C)(C)OP(=O)(F)OS(C)(C)CCCCCC. The minimum atomic E-state index is -4.47. The highest BCUT2D eigenvalue weighted by Crippen LogP contribution is 2.73. The summed E-state index contributed by atoms with van der Waals surface area (Å²) < 4.78 is 149. The molecule has 0 atom stereocenters. The van der Waals surface area contributed by atoms with E-state index in [2.05, 4.69) is 55.4 Å². The molecular formula is C64H152F4O12P4S8. The van der Waals surface area contributed by atoms with Gasteiger partial charge in [0.05, 0.1) is 0 Å². The van der Waals surface area contributed by atoms with E-state index in [1.54, 1.807) is 0 Å². The van der Waals surface area contributed by atoms with Crippen LogP contribution >= 0.6 is 114 Å². The Labute approximate surface area is 583 Å². The number of hydrogen-bond donors (Lipinski definition) is 0. The average molecular weight is 1570 g/mol. The second-order valence-electron chi connectivity index (χ2n) is 27.9. The van der Waals surface area contributed by atoms with Crippen LogP contribution in [0.3, 0.4) is 0 Å². The van der Waals surface area contributed by atoms with Gasteiger partial charge in [0.1, 0.15) is 0 Å². The van der Waals surface area contributed by atoms with Gasteiger partial charge >= 0.3 is 31.6 Å². The predicted molar refractivity (Wildman–Crippen MR) is 431 cm³/mol. The van der Waals surface area contributed by atoms with Gasteiger partial charge in [-0.05, 0) is 197 Å². The van der Waals surface area contributed by atoms with Crippen molar-refractivity contribution in [3.63, 3.8) is 0 Å². The Bertz CT molecular complexity index is 1610. The van der Waals surface area contributed by atoms with Crippen LogP contribution in [0, 0.1) is 0 Å². The molecule has 0 bridgehead atoms. The molecule has 576 valence electrons. The van der Waals surface area contributed by atoms with E-state index in [1.807, 2.05) is 100 Å². The Hall–Kier alpha value is 3.12. The van der Waals surface area contributed by atoms with E-state index in [0.29, 0.717) is 0 Å². The summed E-state index contributed by atoms with van der Waals surface area (Å²) in [6.07, 6.45) is 65.5. The monoisotopic (exact) mass is 1570 g/mol. The number of rotatable bonds is 56. The van der Waals surface area contributed by atoms with Gasteiger partial charge in [-0.2, -0.15) is 0 Å². The summed E-state index contributed by atoms with van der Waals surface area (Å²) in [7, 11) is -31.3. The van der Waals surface area contributed by atoms with Crippen LogP contribution in [-0.2, 0) is 50.0 Å². The lowest BCUT2D eigenvalue weighted by atomic mass is 10.2. The first kappa shape index (κ1) is 101. The van der Waals surface area contributed by atoms with Gasteiger partial charge in [0.15, 0.2) is 0 Å². The Balaban J connectivity index is -0.000000561. The molecule has 0 N–H and O–H groups in total. The molecule has 0 aromatic heterocycles. The molecule has 92 heavy (non-hydrogen) atoms. The van der Waals surface area contributed by atoms with E-state index >= 15 is 0 Å². The van der Waals surface area contributed by atoms with Gasteiger partial charge < -0.3 is 0 Å². The Morgan fingerprint density at radius 2 is 0.272 bits per heavy atom. The predicted octanol–water partition coefficient (Wildman–Crippen LogP) is 28.9. The highest BCUT2D eigenvalue weighted by molar-refractivity contribution is 8.34. The van der Waals surface area contributed by atoms with Gasteiger partial charge in [-0.15, -0.1) is 99.3 Å². The van der Waals surface area contributed by atoms with Crippen LogP contribution in [0.2, 0.25) is 0 Å². The smallest absolute Gasteiger partial charge is 0.234 e. The molecule has 0 aromatic rings. The van der Waals surface area contributed by atoms with Crippen molar-refractivity contribution < 1.29 is 66.8 Å². The van der Waals surface area contributed by atoms with Gasteiger partial charge in [0, 0.05) is 0 Å². The summed E-state index contributed by atoms with van der Waals surface area (Å²) in [6, 6.07) is 0. The first-order valence-corrected chi connectivity index (χ1v) is 60.8. The molecule has 28 heteroatoms. The minimum Gasteiger partial charge on any atom is -0.234 e. The number of hydrogen-bond acceptors (Lipinski definition) is 12. The van der Waals surface area contributed by atoms with Crippen LogP contribution in [0.4, 0.5) is 16.8 Å². The third kappa shape index (κ3) is 68.9. The van der Waals surface area contributed by atoms with Crippen LogP contribution in [0.1, 0.15) is 261 Å². The molecule has 0 radical (unpaired) electrons. The first-order chi connectivity index (χ1) is 42.1. The fourth-order valence-electron chi connectivity index (χ4n) is 9.29. The molecule has 0 aliphatic rings. The quantitative estimate of drug-likeness (QED) is 0.0325. The summed E-state index contributed by atoms with van der Waals surface area (Å²) in [6.45, 7) is 17.2. The highest BCUT2D eigenvalue weighted by atomic mass is 32.3. The Morgan fingerprint density at radius 1 is 0.185 bits per heavy atom. The lowest BCUT2D eigenvalue weighted by Crippen LogP contribution is -2.08. The first-order valence-electron chi connectivity index (χ1n) is 34.7. The number of halogens is 4. The molecule has 12 nitrogen and oxygen atoms in total. The molecule has 0 aliphatic carbocycles. The molecule has 0 saturated carbocycles. The van der Waals surface area contributed by atoms with E-state index in [0.717, 1.165) is 200 Å². The second-order valence-corrected chi connectivity index (χ2v) is 62.4. The molecule has 0 aromatic carbocycles. The molecule has 0 saturated heterocycles. The minimum absolute atomic E-state index is 0.774. The normalized spacial score (nSPS) is 14.9. The fraction of sp³-hybridized carbons (Fsp3) is 1.00. The summed E-state index contributed by atoms with van der Waals surface area (Å²) in [5, 5.41) is 0. The molecule has 0 amide bonds. The van der Waals surface area contributed by atoms with Crippen molar-refractivity contribution in [2.75, 3.05) is 146 Å². The van der Waals surface area contributed by atoms with Crippen molar-refractivity contribution in [3.8, 4) is 0 Å². The van der Waals surface area contributed by atoms with Gasteiger partial charge in [0.2, 0.25) is 0 Å². The fourth-order valence-corrected chi connectivity index (χ4v) is 35.6. The molecule has 0 aliphatic heterocycles. The summed E-state index contributed by atoms with van der Waals surface area (Å²) in [5.74, 6) is 6.19. The lowest BCUT2D eigenvalue weighted by Gasteiger charge is -2.36. The van der Waals surface area contributed by atoms with Crippen molar-refractivity contribution >= 4 is 114 Å². The molecule has 0 rings (SSSR count). The summed E-state index contributed by atoms with van der Waals surface area (Å²) in [4.78, 5) is 0. The summed E-state index contributed by atoms with van der Waals surface area (Å²) in [5.41, 5.74) is 0. The van der Waals surface area contributed by atoms with Gasteiger partial charge in [0.25, 0.3) is 0 Å². The van der Waals surface area contributed by atoms with Crippen LogP contribution in [0.25, 0.3) is 0 Å². The van der Waals surface area contributed by atoms with E-state index in [1.165, 1.54) is 51.4 Å². The zero-order valence-corrected chi connectivity index (χ0v) is 73.9. The maximum absolute atomic E-state index is 14.4. The second kappa shape index (κ2) is 53.8. The highest BCUT2D eigenvalue weighted by Gasteiger charge is 2.40. The van der Waals surface area contributed by atoms with Crippen LogP contribution in [-0.4, -0.2) is 146 Å². The van der Waals surface area contributed by atoms with Crippen molar-refractivity contribution in [1.82, 2.24) is 0 Å². The van der Waals surface area contributed by atoms with E-state index < -0.39 is 114 Å². The Morgan fingerprint density at radius 3 is 0.348 bits per heavy atom. The zero-order chi connectivity index (χ0) is 71.9. The topological polar surface area (TPSA) is 142 Å². The van der Waals surface area contributed by atoms with Crippen LogP contribution < -0.4 is 0 Å². The lowest BCUT2D eigenvalue weighted by molar-refractivity contribution is 0.365. The van der Waals surface area contributed by atoms with Crippen LogP contribution in [0.5, 0.6) is 0 Å². The zero-order valence-electron chi connectivity index (χ0n) is 63.7. The average Bonchev–Trinajstić information content (AvgIpc) is 0.918. The molecule has 0 spiro atoms. The third-order valence-corrected chi connectivity index (χ3v) is 43.0. The van der Waals surface area contributed by atoms with E-state index in [-0.39, 0.29) is 0 Å². The molecular weight excluding hydrogens is 1420 g/mol. The van der Waals surface area contributed by atoms with Gasteiger partial charge in [-0.1, -0.05) is 209 Å². The van der Waals surface area contributed by atoms with Crippen LogP contribution in [0.15, 0.2) is 0 Å². The largest absolute Gasteiger partial charge is 0.532 e. The standard InChI is InChI=1S/4C16H38FO3PS2/c4*1-7-9-11-13-15-22(3,4)19-21(17,18)20-23(5,6)16-14-12-10-8-2/h4*7-16H2,1-6H3. The molecule has 0 unspecified atom stereocenters. The van der Waals surface area contributed by atoms with Gasteiger partial charge in [-0.3, -0.25) is 0 Å².